The number of nitrogens with one attached hydrogen (secondary N) is 1. The van der Waals surface area contributed by atoms with Crippen molar-refractivity contribution in [3.05, 3.63) is 52.3 Å². The van der Waals surface area contributed by atoms with Crippen LogP contribution in [0, 0.1) is 0 Å². The zero-order valence-electron chi connectivity index (χ0n) is 12.9. The number of pyridine rings is 1. The van der Waals surface area contributed by atoms with E-state index in [0.717, 1.165) is 21.7 Å². The molecule has 0 amide bonds. The van der Waals surface area contributed by atoms with Gasteiger partial charge < -0.3 is 10.1 Å². The van der Waals surface area contributed by atoms with E-state index in [1.54, 1.807) is 7.11 Å². The predicted octanol–water partition coefficient (Wildman–Crippen LogP) is 4.76. The lowest BCUT2D eigenvalue weighted by atomic mass is 9.87. The fourth-order valence-electron chi connectivity index (χ4n) is 2.05. The molecule has 1 N–H and O–H groups in total. The van der Waals surface area contributed by atoms with Gasteiger partial charge in [0.15, 0.2) is 0 Å². The minimum Gasteiger partial charge on any atom is -0.495 e. The van der Waals surface area contributed by atoms with Gasteiger partial charge in [-0.2, -0.15) is 0 Å². The van der Waals surface area contributed by atoms with E-state index in [4.69, 9.17) is 4.74 Å². The minimum atomic E-state index is 0.108. The van der Waals surface area contributed by atoms with Crippen LogP contribution in [0.3, 0.4) is 0 Å². The highest BCUT2D eigenvalue weighted by molar-refractivity contribution is 9.10. The van der Waals surface area contributed by atoms with Gasteiger partial charge in [-0.1, -0.05) is 32.9 Å². The van der Waals surface area contributed by atoms with Crippen LogP contribution in [-0.4, -0.2) is 12.1 Å². The maximum atomic E-state index is 5.43. The highest BCUT2D eigenvalue weighted by Gasteiger charge is 2.15. The lowest BCUT2D eigenvalue weighted by molar-refractivity contribution is 0.416. The molecule has 4 heteroatoms. The van der Waals surface area contributed by atoms with Crippen LogP contribution < -0.4 is 10.1 Å². The Morgan fingerprint density at radius 2 is 1.95 bits per heavy atom. The molecule has 0 fully saturated rings. The second-order valence-corrected chi connectivity index (χ2v) is 6.78. The van der Waals surface area contributed by atoms with Gasteiger partial charge >= 0.3 is 0 Å². The monoisotopic (exact) mass is 348 g/mol. The molecule has 1 aromatic carbocycles. The first kappa shape index (κ1) is 15.8. The van der Waals surface area contributed by atoms with Crippen molar-refractivity contribution in [3.8, 4) is 5.75 Å². The van der Waals surface area contributed by atoms with E-state index in [9.17, 15) is 0 Å². The van der Waals surface area contributed by atoms with Gasteiger partial charge in [0.25, 0.3) is 0 Å². The lowest BCUT2D eigenvalue weighted by Gasteiger charge is -2.21. The molecular weight excluding hydrogens is 328 g/mol. The summed E-state index contributed by atoms with van der Waals surface area (Å²) in [5.74, 6) is 0.845. The normalized spacial score (nSPS) is 11.3. The molecule has 0 spiro atoms. The zero-order chi connectivity index (χ0) is 15.5. The third-order valence-electron chi connectivity index (χ3n) is 3.30. The first-order valence-corrected chi connectivity index (χ1v) is 7.73. The molecule has 0 saturated carbocycles. The number of benzene rings is 1. The number of aromatic nitrogens is 1. The fraction of sp³-hybridized carbons (Fsp3) is 0.353. The largest absolute Gasteiger partial charge is 0.495 e. The number of nitrogens with zero attached hydrogens (tertiary/aromatic N) is 1. The van der Waals surface area contributed by atoms with Crippen LogP contribution in [0.5, 0.6) is 5.75 Å². The topological polar surface area (TPSA) is 34.1 Å². The van der Waals surface area contributed by atoms with Crippen molar-refractivity contribution in [2.45, 2.75) is 32.7 Å². The van der Waals surface area contributed by atoms with Crippen molar-refractivity contribution >= 4 is 21.6 Å². The van der Waals surface area contributed by atoms with E-state index in [2.05, 4.69) is 59.1 Å². The lowest BCUT2D eigenvalue weighted by Crippen LogP contribution is -2.12. The van der Waals surface area contributed by atoms with Crippen LogP contribution in [0.1, 0.15) is 32.0 Å². The van der Waals surface area contributed by atoms with Gasteiger partial charge in [0, 0.05) is 0 Å². The maximum Gasteiger partial charge on any atom is 0.141 e. The SMILES string of the molecule is COc1ccc(C(C)(C)C)cc1NCc1cccc(Br)n1. The summed E-state index contributed by atoms with van der Waals surface area (Å²) in [6.07, 6.45) is 0. The third kappa shape index (κ3) is 4.21. The number of hydrogen-bond donors (Lipinski definition) is 1. The molecule has 21 heavy (non-hydrogen) atoms. The second kappa shape index (κ2) is 6.48. The Bertz CT molecular complexity index is 620. The van der Waals surface area contributed by atoms with Crippen LogP contribution in [0.2, 0.25) is 0 Å². The number of halogens is 1. The summed E-state index contributed by atoms with van der Waals surface area (Å²) < 4.78 is 6.28. The van der Waals surface area contributed by atoms with Crippen molar-refractivity contribution in [2.75, 3.05) is 12.4 Å². The molecule has 0 atom stereocenters. The first-order valence-electron chi connectivity index (χ1n) is 6.94. The number of ether oxygens (including phenoxy) is 1. The van der Waals surface area contributed by atoms with Crippen LogP contribution in [0.15, 0.2) is 41.0 Å². The highest BCUT2D eigenvalue weighted by atomic mass is 79.9. The van der Waals surface area contributed by atoms with Gasteiger partial charge in [-0.3, -0.25) is 0 Å². The molecule has 0 radical (unpaired) electrons. The van der Waals surface area contributed by atoms with Gasteiger partial charge in [0.2, 0.25) is 0 Å². The average molecular weight is 349 g/mol. The Morgan fingerprint density at radius 1 is 1.19 bits per heavy atom. The minimum absolute atomic E-state index is 0.108. The summed E-state index contributed by atoms with van der Waals surface area (Å²) in [7, 11) is 1.69. The molecule has 2 rings (SSSR count). The quantitative estimate of drug-likeness (QED) is 0.808. The standard InChI is InChI=1S/C17H21BrN2O/c1-17(2,3)12-8-9-15(21-4)14(10-12)19-11-13-6-5-7-16(18)20-13/h5-10,19H,11H2,1-4H3. The van der Waals surface area contributed by atoms with Crippen LogP contribution >= 0.6 is 15.9 Å². The number of hydrogen-bond acceptors (Lipinski definition) is 3. The Balaban J connectivity index is 2.21. The summed E-state index contributed by atoms with van der Waals surface area (Å²) in [4.78, 5) is 4.43. The third-order valence-corrected chi connectivity index (χ3v) is 3.74. The van der Waals surface area contributed by atoms with Gasteiger partial charge in [0.1, 0.15) is 10.4 Å². The van der Waals surface area contributed by atoms with Gasteiger partial charge in [-0.05, 0) is 51.2 Å². The Hall–Kier alpha value is -1.55. The summed E-state index contributed by atoms with van der Waals surface area (Å²) in [5.41, 5.74) is 3.35. The number of anilines is 1. The second-order valence-electron chi connectivity index (χ2n) is 5.97. The molecule has 2 aromatic rings. The smallest absolute Gasteiger partial charge is 0.141 e. The molecule has 0 saturated heterocycles. The molecule has 112 valence electrons. The average Bonchev–Trinajstić information content (AvgIpc) is 2.44. The number of methoxy groups -OCH3 is 1. The van der Waals surface area contributed by atoms with Crippen molar-refractivity contribution in [2.24, 2.45) is 0 Å². The molecular formula is C17H21BrN2O. The van der Waals surface area contributed by atoms with Crippen LogP contribution in [0.25, 0.3) is 0 Å². The van der Waals surface area contributed by atoms with E-state index < -0.39 is 0 Å². The van der Waals surface area contributed by atoms with Crippen molar-refractivity contribution in [1.82, 2.24) is 4.98 Å². The molecule has 0 aliphatic heterocycles. The van der Waals surface area contributed by atoms with Crippen molar-refractivity contribution < 1.29 is 4.74 Å². The molecule has 0 unspecified atom stereocenters. The van der Waals surface area contributed by atoms with E-state index in [1.807, 2.05) is 24.3 Å². The maximum absolute atomic E-state index is 5.43. The summed E-state index contributed by atoms with van der Waals surface area (Å²) >= 11 is 3.39. The van der Waals surface area contributed by atoms with E-state index in [1.165, 1.54) is 5.56 Å². The molecule has 0 aliphatic rings. The van der Waals surface area contributed by atoms with Gasteiger partial charge in [-0.15, -0.1) is 0 Å². The molecule has 0 bridgehead atoms. The fourth-order valence-corrected chi connectivity index (χ4v) is 2.43. The zero-order valence-corrected chi connectivity index (χ0v) is 14.5. The number of rotatable bonds is 4. The summed E-state index contributed by atoms with van der Waals surface area (Å²) in [6.45, 7) is 7.26. The summed E-state index contributed by atoms with van der Waals surface area (Å²) in [6, 6.07) is 12.2. The first-order chi connectivity index (χ1) is 9.90. The van der Waals surface area contributed by atoms with Crippen LogP contribution in [-0.2, 0) is 12.0 Å². The van der Waals surface area contributed by atoms with Crippen LogP contribution in [0.4, 0.5) is 5.69 Å². The molecule has 1 aromatic heterocycles. The predicted molar refractivity (Wildman–Crippen MR) is 91.0 cm³/mol. The van der Waals surface area contributed by atoms with Gasteiger partial charge in [-0.25, -0.2) is 4.98 Å². The Kier molecular flexibility index (Phi) is 4.88. The molecule has 3 nitrogen and oxygen atoms in total. The summed E-state index contributed by atoms with van der Waals surface area (Å²) in [5, 5.41) is 3.41. The van der Waals surface area contributed by atoms with E-state index >= 15 is 0 Å². The Labute approximate surface area is 134 Å². The van der Waals surface area contributed by atoms with E-state index in [0.29, 0.717) is 6.54 Å². The van der Waals surface area contributed by atoms with Gasteiger partial charge in [0.05, 0.1) is 25.0 Å². The van der Waals surface area contributed by atoms with Crippen molar-refractivity contribution in [1.29, 1.82) is 0 Å². The van der Waals surface area contributed by atoms with Crippen molar-refractivity contribution in [3.63, 3.8) is 0 Å². The van der Waals surface area contributed by atoms with E-state index in [-0.39, 0.29) is 5.41 Å². The Morgan fingerprint density at radius 3 is 2.57 bits per heavy atom. The molecule has 1 heterocycles. The molecule has 0 aliphatic carbocycles. The highest BCUT2D eigenvalue weighted by Crippen LogP contribution is 2.31.